The van der Waals surface area contributed by atoms with E-state index in [2.05, 4.69) is 33.0 Å². The standard InChI is InChI=1S/C15H24N4O3/c1-10(2)18(11(3)4)8-7-17-13-6-5-12(15(16)20)9-14(13)19(21)22/h5-6,9-11,17H,7-8H2,1-4H3,(H2,16,20)/p+1. The van der Waals surface area contributed by atoms with Crippen LogP contribution in [0.2, 0.25) is 0 Å². The SMILES string of the molecule is CC(C)[NH+](CCNc1ccc(C(N)=O)cc1[N+](=O)[O-])C(C)C. The minimum atomic E-state index is -0.676. The molecule has 1 rings (SSSR count). The lowest BCUT2D eigenvalue weighted by Crippen LogP contribution is -3.18. The zero-order valence-corrected chi connectivity index (χ0v) is 13.6. The van der Waals surface area contributed by atoms with Crippen LogP contribution in [0.1, 0.15) is 38.1 Å². The third kappa shape index (κ3) is 4.70. The van der Waals surface area contributed by atoms with Crippen molar-refractivity contribution in [3.63, 3.8) is 0 Å². The molecule has 1 aromatic rings. The monoisotopic (exact) mass is 309 g/mol. The van der Waals surface area contributed by atoms with Crippen molar-refractivity contribution >= 4 is 17.3 Å². The highest BCUT2D eigenvalue weighted by Gasteiger charge is 2.19. The molecule has 1 amide bonds. The number of benzene rings is 1. The Labute approximate surface area is 130 Å². The summed E-state index contributed by atoms with van der Waals surface area (Å²) >= 11 is 0. The van der Waals surface area contributed by atoms with Gasteiger partial charge in [-0.05, 0) is 39.8 Å². The van der Waals surface area contributed by atoms with Gasteiger partial charge in [-0.3, -0.25) is 14.9 Å². The molecular formula is C15H25N4O3+. The number of nitro groups is 1. The van der Waals surface area contributed by atoms with Crippen LogP contribution in [-0.4, -0.2) is 36.0 Å². The predicted octanol–water partition coefficient (Wildman–Crippen LogP) is 0.807. The van der Waals surface area contributed by atoms with Gasteiger partial charge in [0.15, 0.2) is 0 Å². The summed E-state index contributed by atoms with van der Waals surface area (Å²) in [5.41, 5.74) is 5.56. The van der Waals surface area contributed by atoms with Gasteiger partial charge < -0.3 is 16.0 Å². The van der Waals surface area contributed by atoms with Gasteiger partial charge in [0.2, 0.25) is 5.91 Å². The van der Waals surface area contributed by atoms with Crippen LogP contribution in [0, 0.1) is 10.1 Å². The molecule has 22 heavy (non-hydrogen) atoms. The van der Waals surface area contributed by atoms with Crippen LogP contribution in [0.3, 0.4) is 0 Å². The minimum absolute atomic E-state index is 0.132. The fraction of sp³-hybridized carbons (Fsp3) is 0.533. The van der Waals surface area contributed by atoms with Gasteiger partial charge in [-0.25, -0.2) is 0 Å². The first-order chi connectivity index (χ1) is 10.2. The molecule has 122 valence electrons. The predicted molar refractivity (Wildman–Crippen MR) is 86.2 cm³/mol. The number of nitrogens with one attached hydrogen (secondary N) is 2. The Morgan fingerprint density at radius 2 is 1.91 bits per heavy atom. The minimum Gasteiger partial charge on any atom is -0.374 e. The number of nitrogens with two attached hydrogens (primary N) is 1. The Bertz CT molecular complexity index is 536. The quantitative estimate of drug-likeness (QED) is 0.488. The van der Waals surface area contributed by atoms with E-state index < -0.39 is 10.8 Å². The summed E-state index contributed by atoms with van der Waals surface area (Å²) in [4.78, 5) is 23.1. The zero-order chi connectivity index (χ0) is 16.9. The maximum Gasteiger partial charge on any atom is 0.293 e. The van der Waals surface area contributed by atoms with Crippen molar-refractivity contribution in [2.75, 3.05) is 18.4 Å². The summed E-state index contributed by atoms with van der Waals surface area (Å²) in [6.07, 6.45) is 0. The number of anilines is 1. The van der Waals surface area contributed by atoms with Gasteiger partial charge in [-0.1, -0.05) is 0 Å². The fourth-order valence-electron chi connectivity index (χ4n) is 2.57. The molecule has 0 unspecified atom stereocenters. The number of amides is 1. The number of hydrogen-bond donors (Lipinski definition) is 3. The van der Waals surface area contributed by atoms with Crippen molar-refractivity contribution in [2.45, 2.75) is 39.8 Å². The fourth-order valence-corrected chi connectivity index (χ4v) is 2.57. The van der Waals surface area contributed by atoms with Crippen LogP contribution in [0.5, 0.6) is 0 Å². The van der Waals surface area contributed by atoms with Crippen molar-refractivity contribution in [1.29, 1.82) is 0 Å². The highest BCUT2D eigenvalue weighted by molar-refractivity contribution is 5.94. The van der Waals surface area contributed by atoms with Crippen molar-refractivity contribution in [2.24, 2.45) is 5.73 Å². The Hall–Kier alpha value is -2.15. The summed E-state index contributed by atoms with van der Waals surface area (Å²) in [6, 6.07) is 5.19. The van der Waals surface area contributed by atoms with E-state index in [0.717, 1.165) is 6.54 Å². The first-order valence-electron chi connectivity index (χ1n) is 7.41. The molecule has 0 spiro atoms. The number of rotatable bonds is 8. The molecule has 0 radical (unpaired) electrons. The maximum absolute atomic E-state index is 11.1. The third-order valence-electron chi connectivity index (χ3n) is 3.69. The second-order valence-electron chi connectivity index (χ2n) is 5.91. The number of nitro benzene ring substituents is 1. The van der Waals surface area contributed by atoms with Crippen LogP contribution < -0.4 is 16.0 Å². The summed E-state index contributed by atoms with van der Waals surface area (Å²) in [6.45, 7) is 10.1. The lowest BCUT2D eigenvalue weighted by atomic mass is 10.1. The number of hydrogen-bond acceptors (Lipinski definition) is 4. The normalized spacial score (nSPS) is 11.2. The maximum atomic E-state index is 11.1. The van der Waals surface area contributed by atoms with E-state index >= 15 is 0 Å². The Morgan fingerprint density at radius 3 is 2.36 bits per heavy atom. The summed E-state index contributed by atoms with van der Waals surface area (Å²) in [5.74, 6) is -0.676. The molecule has 0 saturated carbocycles. The number of carbonyl (C=O) groups excluding carboxylic acids is 1. The average Bonchev–Trinajstić information content (AvgIpc) is 2.42. The van der Waals surface area contributed by atoms with Crippen LogP contribution in [0.25, 0.3) is 0 Å². The van der Waals surface area contributed by atoms with Gasteiger partial charge in [0.25, 0.3) is 5.69 Å². The number of nitrogens with zero attached hydrogens (tertiary/aromatic N) is 1. The molecule has 0 bridgehead atoms. The van der Waals surface area contributed by atoms with E-state index in [1.54, 1.807) is 0 Å². The second-order valence-corrected chi connectivity index (χ2v) is 5.91. The summed E-state index contributed by atoms with van der Waals surface area (Å²) in [7, 11) is 0. The van der Waals surface area contributed by atoms with E-state index in [1.807, 2.05) is 0 Å². The van der Waals surface area contributed by atoms with Crippen molar-refractivity contribution < 1.29 is 14.6 Å². The van der Waals surface area contributed by atoms with Gasteiger partial charge in [-0.2, -0.15) is 0 Å². The van der Waals surface area contributed by atoms with E-state index in [4.69, 9.17) is 5.73 Å². The van der Waals surface area contributed by atoms with Gasteiger partial charge in [-0.15, -0.1) is 0 Å². The molecule has 7 nitrogen and oxygen atoms in total. The molecule has 0 aromatic heterocycles. The molecule has 0 aliphatic heterocycles. The molecule has 0 aliphatic carbocycles. The van der Waals surface area contributed by atoms with Crippen molar-refractivity contribution in [3.8, 4) is 0 Å². The lowest BCUT2D eigenvalue weighted by Gasteiger charge is -2.27. The molecule has 1 aromatic carbocycles. The van der Waals surface area contributed by atoms with E-state index in [1.165, 1.54) is 23.1 Å². The lowest BCUT2D eigenvalue weighted by molar-refractivity contribution is -0.940. The van der Waals surface area contributed by atoms with Crippen LogP contribution in [-0.2, 0) is 0 Å². The topological polar surface area (TPSA) is 103 Å². The first kappa shape index (κ1) is 17.9. The Morgan fingerprint density at radius 1 is 1.32 bits per heavy atom. The average molecular weight is 309 g/mol. The smallest absolute Gasteiger partial charge is 0.293 e. The van der Waals surface area contributed by atoms with Crippen LogP contribution >= 0.6 is 0 Å². The summed E-state index contributed by atoms with van der Waals surface area (Å²) < 4.78 is 0. The molecule has 0 heterocycles. The highest BCUT2D eigenvalue weighted by Crippen LogP contribution is 2.25. The van der Waals surface area contributed by atoms with Crippen LogP contribution in [0.15, 0.2) is 18.2 Å². The zero-order valence-electron chi connectivity index (χ0n) is 13.6. The molecule has 0 atom stereocenters. The van der Waals surface area contributed by atoms with Gasteiger partial charge in [0.05, 0.1) is 30.1 Å². The van der Waals surface area contributed by atoms with Crippen LogP contribution in [0.4, 0.5) is 11.4 Å². The molecule has 4 N–H and O–H groups in total. The molecule has 0 aliphatic rings. The summed E-state index contributed by atoms with van der Waals surface area (Å²) in [5, 5.41) is 14.2. The molecule has 0 fully saturated rings. The number of primary amides is 1. The third-order valence-corrected chi connectivity index (χ3v) is 3.69. The highest BCUT2D eigenvalue weighted by atomic mass is 16.6. The van der Waals surface area contributed by atoms with E-state index in [-0.39, 0.29) is 11.3 Å². The van der Waals surface area contributed by atoms with E-state index in [9.17, 15) is 14.9 Å². The van der Waals surface area contributed by atoms with Crippen molar-refractivity contribution in [1.82, 2.24) is 0 Å². The van der Waals surface area contributed by atoms with E-state index in [0.29, 0.717) is 24.3 Å². The number of carbonyl (C=O) groups is 1. The number of quaternary nitrogens is 1. The largest absolute Gasteiger partial charge is 0.374 e. The van der Waals surface area contributed by atoms with Gasteiger partial charge in [0, 0.05) is 11.6 Å². The second kappa shape index (κ2) is 7.74. The molecular weight excluding hydrogens is 284 g/mol. The first-order valence-corrected chi connectivity index (χ1v) is 7.41. The molecule has 7 heteroatoms. The van der Waals surface area contributed by atoms with Gasteiger partial charge in [0.1, 0.15) is 5.69 Å². The van der Waals surface area contributed by atoms with Crippen molar-refractivity contribution in [3.05, 3.63) is 33.9 Å². The van der Waals surface area contributed by atoms with Gasteiger partial charge >= 0.3 is 0 Å². The molecule has 0 saturated heterocycles. The Balaban J connectivity index is 2.81. The Kier molecular flexibility index (Phi) is 6.30.